The molecule has 0 amide bonds. The van der Waals surface area contributed by atoms with Crippen LogP contribution in [-0.4, -0.2) is 9.13 Å². The van der Waals surface area contributed by atoms with Crippen molar-refractivity contribution >= 4 is 43.6 Å². The molecule has 0 saturated heterocycles. The quantitative estimate of drug-likeness (QED) is 0.193. The van der Waals surface area contributed by atoms with Crippen LogP contribution in [0.15, 0.2) is 152 Å². The fourth-order valence-electron chi connectivity index (χ4n) is 7.45. The van der Waals surface area contributed by atoms with Gasteiger partial charge < -0.3 is 9.13 Å². The topological polar surface area (TPSA) is 81.2 Å². The highest BCUT2D eigenvalue weighted by Crippen LogP contribution is 2.42. The predicted octanol–water partition coefficient (Wildman–Crippen LogP) is 10.8. The van der Waals surface area contributed by atoms with Crippen LogP contribution in [0.25, 0.3) is 77.2 Å². The predicted molar refractivity (Wildman–Crippen MR) is 200 cm³/mol. The molecular formula is C45H25N5. The van der Waals surface area contributed by atoms with Crippen molar-refractivity contribution in [3.8, 4) is 51.8 Å². The Morgan fingerprint density at radius 2 is 0.900 bits per heavy atom. The van der Waals surface area contributed by atoms with Crippen LogP contribution in [0.2, 0.25) is 0 Å². The van der Waals surface area contributed by atoms with Crippen LogP contribution >= 0.6 is 0 Å². The van der Waals surface area contributed by atoms with Gasteiger partial charge in [-0.05, 0) is 83.4 Å². The van der Waals surface area contributed by atoms with Crippen LogP contribution in [0.5, 0.6) is 0 Å². The molecule has 0 unspecified atom stereocenters. The molecule has 0 N–H and O–H groups in total. The molecule has 0 spiro atoms. The van der Waals surface area contributed by atoms with E-state index < -0.39 is 0 Å². The number of nitriles is 3. The third-order valence-corrected chi connectivity index (χ3v) is 9.64. The molecule has 0 atom stereocenters. The summed E-state index contributed by atoms with van der Waals surface area (Å²) in [6.07, 6.45) is 0. The molecule has 0 aliphatic rings. The van der Waals surface area contributed by atoms with Crippen LogP contribution in [0, 0.1) is 34.0 Å². The zero-order valence-electron chi connectivity index (χ0n) is 26.7. The Morgan fingerprint density at radius 3 is 1.60 bits per heavy atom. The van der Waals surface area contributed by atoms with Crippen molar-refractivity contribution in [3.63, 3.8) is 0 Å². The summed E-state index contributed by atoms with van der Waals surface area (Å²) >= 11 is 0. The zero-order valence-corrected chi connectivity index (χ0v) is 26.7. The van der Waals surface area contributed by atoms with Crippen molar-refractivity contribution in [2.75, 3.05) is 0 Å². The molecule has 50 heavy (non-hydrogen) atoms. The summed E-state index contributed by atoms with van der Waals surface area (Å²) in [4.78, 5) is 0. The van der Waals surface area contributed by atoms with Crippen LogP contribution in [0.1, 0.15) is 16.7 Å². The lowest BCUT2D eigenvalue weighted by Crippen LogP contribution is -1.98. The summed E-state index contributed by atoms with van der Waals surface area (Å²) in [5, 5.41) is 33.6. The minimum absolute atomic E-state index is 0.573. The Bertz CT molecular complexity index is 2970. The first-order chi connectivity index (χ1) is 24.7. The molecule has 0 bridgehead atoms. The van der Waals surface area contributed by atoms with Gasteiger partial charge in [-0.15, -0.1) is 0 Å². The SMILES string of the molecule is N#Cc1ccc2c(c1)c1ccc(-c3ccccc3-c3ccccc3-n3c4ccccc4c4cc(C#N)ccc43)cc1n2-c1ccccc1C#N. The van der Waals surface area contributed by atoms with E-state index in [1.54, 1.807) is 0 Å². The van der Waals surface area contributed by atoms with Gasteiger partial charge in [0.1, 0.15) is 6.07 Å². The highest BCUT2D eigenvalue weighted by molar-refractivity contribution is 6.12. The van der Waals surface area contributed by atoms with Crippen LogP contribution in [0.4, 0.5) is 0 Å². The van der Waals surface area contributed by atoms with Gasteiger partial charge in [-0.2, -0.15) is 15.8 Å². The number of fused-ring (bicyclic) bond motifs is 6. The molecule has 5 heteroatoms. The summed E-state index contributed by atoms with van der Waals surface area (Å²) < 4.78 is 4.43. The maximum Gasteiger partial charge on any atom is 0.101 e. The Morgan fingerprint density at radius 1 is 0.360 bits per heavy atom. The van der Waals surface area contributed by atoms with Crippen molar-refractivity contribution in [1.29, 1.82) is 15.8 Å². The van der Waals surface area contributed by atoms with Gasteiger partial charge in [-0.1, -0.05) is 84.9 Å². The fourth-order valence-corrected chi connectivity index (χ4v) is 7.45. The average Bonchev–Trinajstić information content (AvgIpc) is 3.69. The molecule has 0 saturated carbocycles. The van der Waals surface area contributed by atoms with E-state index in [0.29, 0.717) is 16.7 Å². The summed E-state index contributed by atoms with van der Waals surface area (Å²) in [5.74, 6) is 0. The van der Waals surface area contributed by atoms with E-state index in [1.165, 1.54) is 0 Å². The highest BCUT2D eigenvalue weighted by atomic mass is 15.0. The van der Waals surface area contributed by atoms with Gasteiger partial charge in [0.15, 0.2) is 0 Å². The number of hydrogen-bond acceptors (Lipinski definition) is 3. The first-order valence-corrected chi connectivity index (χ1v) is 16.3. The van der Waals surface area contributed by atoms with Gasteiger partial charge in [-0.25, -0.2) is 0 Å². The highest BCUT2D eigenvalue weighted by Gasteiger charge is 2.20. The number of aromatic nitrogens is 2. The Kier molecular flexibility index (Phi) is 6.56. The van der Waals surface area contributed by atoms with E-state index in [1.807, 2.05) is 66.7 Å². The maximum atomic E-state index is 10.1. The van der Waals surface area contributed by atoms with Gasteiger partial charge in [0.2, 0.25) is 0 Å². The zero-order chi connectivity index (χ0) is 33.8. The molecule has 7 aromatic carbocycles. The minimum atomic E-state index is 0.573. The second kappa shape index (κ2) is 11.4. The molecule has 9 aromatic rings. The average molecular weight is 636 g/mol. The van der Waals surface area contributed by atoms with Gasteiger partial charge in [0.25, 0.3) is 0 Å². The number of para-hydroxylation sites is 3. The number of benzene rings is 7. The fraction of sp³-hybridized carbons (Fsp3) is 0. The third-order valence-electron chi connectivity index (χ3n) is 9.64. The molecule has 0 aliphatic heterocycles. The monoisotopic (exact) mass is 635 g/mol. The maximum absolute atomic E-state index is 10.1. The van der Waals surface area contributed by atoms with E-state index in [0.717, 1.165) is 77.2 Å². The van der Waals surface area contributed by atoms with Crippen molar-refractivity contribution < 1.29 is 0 Å². The molecule has 0 fully saturated rings. The first kappa shape index (κ1) is 28.8. The second-order valence-corrected chi connectivity index (χ2v) is 12.3. The standard InChI is InChI=1S/C45H25N5/c46-26-29-18-22-44-38(23-29)36-13-5-8-16-42(36)50(44)41-15-7-4-12-35(41)34-11-3-2-10-33(34)31-19-20-37-39-24-30(27-47)17-21-43(39)49(45(37)25-31)40-14-6-1-9-32(40)28-48/h1-25H. The second-order valence-electron chi connectivity index (χ2n) is 12.3. The molecular weight excluding hydrogens is 611 g/mol. The van der Waals surface area contributed by atoms with Gasteiger partial charge in [-0.3, -0.25) is 0 Å². The molecule has 5 nitrogen and oxygen atoms in total. The lowest BCUT2D eigenvalue weighted by Gasteiger charge is -2.17. The first-order valence-electron chi connectivity index (χ1n) is 16.3. The molecule has 9 rings (SSSR count). The number of rotatable bonds is 4. The molecule has 2 heterocycles. The van der Waals surface area contributed by atoms with Crippen LogP contribution < -0.4 is 0 Å². The van der Waals surface area contributed by atoms with Crippen LogP contribution in [0.3, 0.4) is 0 Å². The number of nitrogens with zero attached hydrogens (tertiary/aromatic N) is 5. The third kappa shape index (κ3) is 4.31. The summed E-state index contributed by atoms with van der Waals surface area (Å²) in [5.41, 5.74) is 11.9. The van der Waals surface area contributed by atoms with Gasteiger partial charge in [0.05, 0.1) is 62.3 Å². The van der Waals surface area contributed by atoms with Crippen molar-refractivity contribution in [2.45, 2.75) is 0 Å². The van der Waals surface area contributed by atoms with E-state index in [-0.39, 0.29) is 0 Å². The lowest BCUT2D eigenvalue weighted by atomic mass is 9.93. The molecule has 2 aromatic heterocycles. The van der Waals surface area contributed by atoms with Crippen molar-refractivity contribution in [2.24, 2.45) is 0 Å². The molecule has 0 radical (unpaired) electrons. The largest absolute Gasteiger partial charge is 0.309 e. The Balaban J connectivity index is 1.30. The van der Waals surface area contributed by atoms with E-state index >= 15 is 0 Å². The van der Waals surface area contributed by atoms with E-state index in [2.05, 4.69) is 112 Å². The minimum Gasteiger partial charge on any atom is -0.309 e. The van der Waals surface area contributed by atoms with Gasteiger partial charge in [0, 0.05) is 27.1 Å². The van der Waals surface area contributed by atoms with E-state index in [4.69, 9.17) is 0 Å². The number of hydrogen-bond donors (Lipinski definition) is 0. The lowest BCUT2D eigenvalue weighted by molar-refractivity contribution is 1.17. The summed E-state index contributed by atoms with van der Waals surface area (Å²) in [6.45, 7) is 0. The van der Waals surface area contributed by atoms with Crippen molar-refractivity contribution in [1.82, 2.24) is 9.13 Å². The van der Waals surface area contributed by atoms with Gasteiger partial charge >= 0.3 is 0 Å². The Labute approximate surface area is 287 Å². The Hall–Kier alpha value is -7.39. The molecule has 230 valence electrons. The smallest absolute Gasteiger partial charge is 0.101 e. The van der Waals surface area contributed by atoms with E-state index in [9.17, 15) is 15.8 Å². The summed E-state index contributed by atoms with van der Waals surface area (Å²) in [6, 6.07) is 57.9. The van der Waals surface area contributed by atoms with Crippen molar-refractivity contribution in [3.05, 3.63) is 168 Å². The molecule has 0 aliphatic carbocycles. The normalized spacial score (nSPS) is 11.1. The van der Waals surface area contributed by atoms with Crippen LogP contribution in [-0.2, 0) is 0 Å². The summed E-state index contributed by atoms with van der Waals surface area (Å²) in [7, 11) is 0.